The molecule has 1 aliphatic heterocycles. The molecule has 0 amide bonds. The van der Waals surface area contributed by atoms with Crippen LogP contribution < -0.4 is 5.32 Å². The first-order valence-corrected chi connectivity index (χ1v) is 9.32. The van der Waals surface area contributed by atoms with Gasteiger partial charge in [0, 0.05) is 23.7 Å². The lowest BCUT2D eigenvalue weighted by molar-refractivity contribution is -0.0406. The molecule has 4 heteroatoms. The topological polar surface area (TPSA) is 57.9 Å². The molecule has 0 fully saturated rings. The first-order chi connectivity index (χ1) is 12.4. The fourth-order valence-corrected chi connectivity index (χ4v) is 3.61. The lowest BCUT2D eigenvalue weighted by atomic mass is 9.87. The van der Waals surface area contributed by atoms with Gasteiger partial charge in [-0.25, -0.2) is 4.98 Å². The summed E-state index contributed by atoms with van der Waals surface area (Å²) in [6.07, 6.45) is 2.46. The number of nitrogens with one attached hydrogen (secondary N) is 1. The number of nitriles is 1. The summed E-state index contributed by atoms with van der Waals surface area (Å²) in [6.45, 7) is 8.93. The molecule has 26 heavy (non-hydrogen) atoms. The van der Waals surface area contributed by atoms with Gasteiger partial charge >= 0.3 is 0 Å². The van der Waals surface area contributed by atoms with Gasteiger partial charge in [0.1, 0.15) is 11.9 Å². The van der Waals surface area contributed by atoms with Crippen molar-refractivity contribution in [3.63, 3.8) is 0 Å². The molecule has 3 rings (SSSR count). The van der Waals surface area contributed by atoms with Crippen LogP contribution in [0, 0.1) is 11.3 Å². The maximum absolute atomic E-state index is 9.84. The zero-order chi connectivity index (χ0) is 18.7. The molecule has 2 aromatic rings. The standard InChI is InChI=1S/C22H27N3O/c1-5-20-19-14-26-22(3,4)12-17(19)18(13-23)21(25-20)24-15(2)11-16-9-7-6-8-10-16/h6-10,15H,5,11-12,14H2,1-4H3,(H,24,25)/t15-/m0/s1. The Morgan fingerprint density at radius 3 is 2.65 bits per heavy atom. The van der Waals surface area contributed by atoms with E-state index in [1.54, 1.807) is 0 Å². The second kappa shape index (κ2) is 7.47. The monoisotopic (exact) mass is 349 g/mol. The minimum atomic E-state index is -0.252. The van der Waals surface area contributed by atoms with Gasteiger partial charge in [0.25, 0.3) is 0 Å². The Morgan fingerprint density at radius 1 is 1.27 bits per heavy atom. The van der Waals surface area contributed by atoms with E-state index in [1.165, 1.54) is 5.56 Å². The van der Waals surface area contributed by atoms with Crippen LogP contribution in [0.4, 0.5) is 5.82 Å². The molecule has 1 aromatic carbocycles. The largest absolute Gasteiger partial charge is 0.370 e. The Labute approximate surface area is 156 Å². The van der Waals surface area contributed by atoms with Crippen molar-refractivity contribution in [2.24, 2.45) is 0 Å². The molecule has 0 bridgehead atoms. The van der Waals surface area contributed by atoms with Crippen LogP contribution in [0.15, 0.2) is 30.3 Å². The van der Waals surface area contributed by atoms with Gasteiger partial charge in [-0.15, -0.1) is 0 Å². The summed E-state index contributed by atoms with van der Waals surface area (Å²) in [5.74, 6) is 0.712. The lowest BCUT2D eigenvalue weighted by Gasteiger charge is -2.34. The van der Waals surface area contributed by atoms with E-state index in [4.69, 9.17) is 9.72 Å². The molecule has 136 valence electrons. The highest BCUT2D eigenvalue weighted by molar-refractivity contribution is 5.61. The van der Waals surface area contributed by atoms with Crippen LogP contribution in [0.5, 0.6) is 0 Å². The molecule has 0 aliphatic carbocycles. The Kier molecular flexibility index (Phi) is 5.29. The third kappa shape index (κ3) is 3.89. The van der Waals surface area contributed by atoms with Crippen LogP contribution >= 0.6 is 0 Å². The van der Waals surface area contributed by atoms with Crippen molar-refractivity contribution in [2.45, 2.75) is 65.2 Å². The van der Waals surface area contributed by atoms with E-state index in [9.17, 15) is 5.26 Å². The normalized spacial score (nSPS) is 16.4. The van der Waals surface area contributed by atoms with Gasteiger partial charge < -0.3 is 10.1 Å². The van der Waals surface area contributed by atoms with E-state index in [0.29, 0.717) is 18.0 Å². The maximum Gasteiger partial charge on any atom is 0.144 e. The van der Waals surface area contributed by atoms with Crippen LogP contribution in [0.25, 0.3) is 0 Å². The third-order valence-corrected chi connectivity index (χ3v) is 4.92. The number of anilines is 1. The van der Waals surface area contributed by atoms with Crippen molar-refractivity contribution < 1.29 is 4.74 Å². The molecule has 2 heterocycles. The van der Waals surface area contributed by atoms with Crippen molar-refractivity contribution in [3.8, 4) is 6.07 Å². The zero-order valence-corrected chi connectivity index (χ0v) is 16.1. The Bertz CT molecular complexity index is 822. The summed E-state index contributed by atoms with van der Waals surface area (Å²) in [4.78, 5) is 4.79. The summed E-state index contributed by atoms with van der Waals surface area (Å²) >= 11 is 0. The van der Waals surface area contributed by atoms with Crippen molar-refractivity contribution in [3.05, 3.63) is 58.3 Å². The van der Waals surface area contributed by atoms with Crippen molar-refractivity contribution >= 4 is 5.82 Å². The van der Waals surface area contributed by atoms with Crippen LogP contribution in [0.3, 0.4) is 0 Å². The number of fused-ring (bicyclic) bond motifs is 1. The van der Waals surface area contributed by atoms with E-state index in [0.717, 1.165) is 36.1 Å². The van der Waals surface area contributed by atoms with Gasteiger partial charge in [-0.1, -0.05) is 37.3 Å². The number of aromatic nitrogens is 1. The van der Waals surface area contributed by atoms with Gasteiger partial charge in [0.05, 0.1) is 17.8 Å². The highest BCUT2D eigenvalue weighted by Gasteiger charge is 2.31. The third-order valence-electron chi connectivity index (χ3n) is 4.92. The number of nitrogens with zero attached hydrogens (tertiary/aromatic N) is 2. The molecule has 0 spiro atoms. The summed E-state index contributed by atoms with van der Waals surface area (Å²) in [5, 5.41) is 13.3. The Balaban J connectivity index is 1.93. The zero-order valence-electron chi connectivity index (χ0n) is 16.1. The number of aryl methyl sites for hydroxylation is 1. The van der Waals surface area contributed by atoms with Gasteiger partial charge in [-0.2, -0.15) is 5.26 Å². The van der Waals surface area contributed by atoms with Crippen LogP contribution in [-0.4, -0.2) is 16.6 Å². The molecule has 4 nitrogen and oxygen atoms in total. The van der Waals surface area contributed by atoms with E-state index < -0.39 is 0 Å². The summed E-state index contributed by atoms with van der Waals surface area (Å²) in [6, 6.07) is 13.0. The average molecular weight is 349 g/mol. The molecule has 1 atom stereocenters. The van der Waals surface area contributed by atoms with Crippen LogP contribution in [-0.2, 0) is 30.6 Å². The minimum absolute atomic E-state index is 0.188. The minimum Gasteiger partial charge on any atom is -0.370 e. The van der Waals surface area contributed by atoms with Gasteiger partial charge in [0.15, 0.2) is 0 Å². The van der Waals surface area contributed by atoms with E-state index in [-0.39, 0.29) is 11.6 Å². The van der Waals surface area contributed by atoms with E-state index in [2.05, 4.69) is 63.3 Å². The first-order valence-electron chi connectivity index (χ1n) is 9.32. The number of rotatable bonds is 5. The molecule has 1 aliphatic rings. The molecular formula is C22H27N3O. The highest BCUT2D eigenvalue weighted by Crippen LogP contribution is 2.34. The van der Waals surface area contributed by atoms with Crippen molar-refractivity contribution in [1.82, 2.24) is 4.98 Å². The quantitative estimate of drug-likeness (QED) is 0.868. The molecule has 0 saturated carbocycles. The summed E-state index contributed by atoms with van der Waals surface area (Å²) in [7, 11) is 0. The Hall–Kier alpha value is -2.38. The van der Waals surface area contributed by atoms with Gasteiger partial charge in [-0.05, 0) is 44.7 Å². The first kappa shape index (κ1) is 18.4. The van der Waals surface area contributed by atoms with Crippen molar-refractivity contribution in [1.29, 1.82) is 5.26 Å². The molecule has 0 radical (unpaired) electrons. The van der Waals surface area contributed by atoms with Crippen LogP contribution in [0.1, 0.15) is 55.6 Å². The fourth-order valence-electron chi connectivity index (χ4n) is 3.61. The number of benzene rings is 1. The molecule has 0 unspecified atom stereocenters. The molecule has 0 saturated heterocycles. The van der Waals surface area contributed by atoms with Gasteiger partial charge in [-0.3, -0.25) is 0 Å². The maximum atomic E-state index is 9.84. The van der Waals surface area contributed by atoms with Crippen LogP contribution in [0.2, 0.25) is 0 Å². The molecule has 1 aromatic heterocycles. The summed E-state index contributed by atoms with van der Waals surface area (Å²) < 4.78 is 5.96. The SMILES string of the molecule is CCc1nc(N[C@@H](C)Cc2ccccc2)c(C#N)c2c1COC(C)(C)C2. The van der Waals surface area contributed by atoms with Crippen molar-refractivity contribution in [2.75, 3.05) is 5.32 Å². The smallest absolute Gasteiger partial charge is 0.144 e. The number of pyridine rings is 1. The number of ether oxygens (including phenoxy) is 1. The highest BCUT2D eigenvalue weighted by atomic mass is 16.5. The predicted molar refractivity (Wildman–Crippen MR) is 104 cm³/mol. The fraction of sp³-hybridized carbons (Fsp3) is 0.455. The predicted octanol–water partition coefficient (Wildman–Crippen LogP) is 4.41. The second-order valence-corrected chi connectivity index (χ2v) is 7.66. The Morgan fingerprint density at radius 2 is 2.00 bits per heavy atom. The van der Waals surface area contributed by atoms with E-state index >= 15 is 0 Å². The van der Waals surface area contributed by atoms with E-state index in [1.807, 2.05) is 6.07 Å². The molecule has 1 N–H and O–H groups in total. The summed E-state index contributed by atoms with van der Waals surface area (Å²) in [5.41, 5.74) is 4.93. The number of hydrogen-bond donors (Lipinski definition) is 1. The average Bonchev–Trinajstić information content (AvgIpc) is 2.60. The number of hydrogen-bond acceptors (Lipinski definition) is 4. The second-order valence-electron chi connectivity index (χ2n) is 7.66. The van der Waals surface area contributed by atoms with Gasteiger partial charge in [0.2, 0.25) is 0 Å². The lowest BCUT2D eigenvalue weighted by Crippen LogP contribution is -2.34. The molecular weight excluding hydrogens is 322 g/mol.